The van der Waals surface area contributed by atoms with E-state index in [0.29, 0.717) is 0 Å². The second kappa shape index (κ2) is 3.46. The molecule has 1 heterocycles. The number of rotatable bonds is 1. The van der Waals surface area contributed by atoms with E-state index in [4.69, 9.17) is 5.73 Å². The fraction of sp³-hybridized carbons (Fsp3) is 0.167. The first-order chi connectivity index (χ1) is 6.66. The van der Waals surface area contributed by atoms with Crippen LogP contribution in [0, 0.1) is 13.8 Å². The third kappa shape index (κ3) is 1.66. The van der Waals surface area contributed by atoms with Crippen molar-refractivity contribution in [3.63, 3.8) is 0 Å². The van der Waals surface area contributed by atoms with Gasteiger partial charge in [-0.2, -0.15) is 0 Å². The van der Waals surface area contributed by atoms with Crippen LogP contribution < -0.4 is 5.73 Å². The van der Waals surface area contributed by atoms with Crippen LogP contribution >= 0.6 is 11.3 Å². The standard InChI is InChI=1S/C12H13NS/c1-8-5-10(7-11(13)6-8)12-3-4-14-9(12)2/h3-7H,13H2,1-2H3. The lowest BCUT2D eigenvalue weighted by molar-refractivity contribution is 1.46. The molecule has 2 N–H and O–H groups in total. The summed E-state index contributed by atoms with van der Waals surface area (Å²) >= 11 is 1.77. The van der Waals surface area contributed by atoms with Crippen molar-refractivity contribution in [1.29, 1.82) is 0 Å². The minimum absolute atomic E-state index is 0.839. The molecule has 1 aromatic heterocycles. The molecule has 2 heteroatoms. The van der Waals surface area contributed by atoms with Gasteiger partial charge in [-0.05, 0) is 54.1 Å². The molecule has 14 heavy (non-hydrogen) atoms. The molecule has 2 rings (SSSR count). The molecule has 0 fully saturated rings. The van der Waals surface area contributed by atoms with E-state index in [-0.39, 0.29) is 0 Å². The Balaban J connectivity index is 2.57. The molecular weight excluding hydrogens is 190 g/mol. The Kier molecular flexibility index (Phi) is 2.30. The zero-order valence-corrected chi connectivity index (χ0v) is 9.19. The average Bonchev–Trinajstić information content (AvgIpc) is 2.49. The predicted octanol–water partition coefficient (Wildman–Crippen LogP) is 3.61. The lowest BCUT2D eigenvalue weighted by Gasteiger charge is -2.04. The number of hydrogen-bond acceptors (Lipinski definition) is 2. The van der Waals surface area contributed by atoms with Crippen molar-refractivity contribution >= 4 is 17.0 Å². The highest BCUT2D eigenvalue weighted by Crippen LogP contribution is 2.29. The average molecular weight is 203 g/mol. The first-order valence-electron chi connectivity index (χ1n) is 4.58. The molecule has 0 bridgehead atoms. The fourth-order valence-electron chi connectivity index (χ4n) is 1.65. The highest BCUT2D eigenvalue weighted by molar-refractivity contribution is 7.10. The number of hydrogen-bond donors (Lipinski definition) is 1. The van der Waals surface area contributed by atoms with Crippen LogP contribution in [0.4, 0.5) is 5.69 Å². The van der Waals surface area contributed by atoms with Gasteiger partial charge in [-0.1, -0.05) is 6.07 Å². The van der Waals surface area contributed by atoms with Crippen molar-refractivity contribution in [3.8, 4) is 11.1 Å². The Labute approximate surface area is 88.2 Å². The van der Waals surface area contributed by atoms with Crippen LogP contribution in [-0.2, 0) is 0 Å². The van der Waals surface area contributed by atoms with Gasteiger partial charge in [-0.15, -0.1) is 11.3 Å². The van der Waals surface area contributed by atoms with Crippen LogP contribution in [0.15, 0.2) is 29.6 Å². The smallest absolute Gasteiger partial charge is 0.0322 e. The highest BCUT2D eigenvalue weighted by Gasteiger charge is 2.03. The van der Waals surface area contributed by atoms with Gasteiger partial charge in [0, 0.05) is 10.6 Å². The molecule has 1 nitrogen and oxygen atoms in total. The minimum atomic E-state index is 0.839. The third-order valence-electron chi connectivity index (χ3n) is 2.27. The topological polar surface area (TPSA) is 26.0 Å². The van der Waals surface area contributed by atoms with Gasteiger partial charge < -0.3 is 5.73 Å². The first kappa shape index (κ1) is 9.28. The van der Waals surface area contributed by atoms with E-state index in [2.05, 4.69) is 31.4 Å². The maximum Gasteiger partial charge on any atom is 0.0322 e. The van der Waals surface area contributed by atoms with Gasteiger partial charge in [0.05, 0.1) is 0 Å². The van der Waals surface area contributed by atoms with Crippen LogP contribution in [0.2, 0.25) is 0 Å². The van der Waals surface area contributed by atoms with Crippen LogP contribution in [0.5, 0.6) is 0 Å². The summed E-state index contributed by atoms with van der Waals surface area (Å²) in [5.74, 6) is 0. The number of nitrogen functional groups attached to an aromatic ring is 1. The summed E-state index contributed by atoms with van der Waals surface area (Å²) in [6.45, 7) is 4.21. The summed E-state index contributed by atoms with van der Waals surface area (Å²) in [5, 5.41) is 2.11. The molecule has 0 atom stereocenters. The summed E-state index contributed by atoms with van der Waals surface area (Å²) in [6, 6.07) is 8.34. The minimum Gasteiger partial charge on any atom is -0.399 e. The molecule has 2 aromatic rings. The molecule has 0 aliphatic carbocycles. The molecule has 0 saturated carbocycles. The monoisotopic (exact) mass is 203 g/mol. The third-order valence-corrected chi connectivity index (χ3v) is 3.12. The summed E-state index contributed by atoms with van der Waals surface area (Å²) < 4.78 is 0. The van der Waals surface area contributed by atoms with Crippen LogP contribution in [-0.4, -0.2) is 0 Å². The molecule has 0 saturated heterocycles. The maximum absolute atomic E-state index is 5.82. The van der Waals surface area contributed by atoms with Gasteiger partial charge >= 0.3 is 0 Å². The normalized spacial score (nSPS) is 10.4. The fourth-order valence-corrected chi connectivity index (χ4v) is 2.37. The Bertz CT molecular complexity index is 437. The van der Waals surface area contributed by atoms with E-state index in [9.17, 15) is 0 Å². The maximum atomic E-state index is 5.82. The highest BCUT2D eigenvalue weighted by atomic mass is 32.1. The van der Waals surface area contributed by atoms with Gasteiger partial charge in [-0.25, -0.2) is 0 Å². The van der Waals surface area contributed by atoms with Crippen LogP contribution in [0.1, 0.15) is 10.4 Å². The number of nitrogens with two attached hydrogens (primary N) is 1. The van der Waals surface area contributed by atoms with Gasteiger partial charge in [-0.3, -0.25) is 0 Å². The molecule has 72 valence electrons. The number of thiophene rings is 1. The van der Waals surface area contributed by atoms with Crippen molar-refractivity contribution < 1.29 is 0 Å². The number of aryl methyl sites for hydroxylation is 2. The first-order valence-corrected chi connectivity index (χ1v) is 5.46. The molecule has 0 aliphatic heterocycles. The second-order valence-corrected chi connectivity index (χ2v) is 4.64. The zero-order valence-electron chi connectivity index (χ0n) is 8.37. The van der Waals surface area contributed by atoms with Gasteiger partial charge in [0.15, 0.2) is 0 Å². The van der Waals surface area contributed by atoms with Gasteiger partial charge in [0.2, 0.25) is 0 Å². The Morgan fingerprint density at radius 3 is 2.50 bits per heavy atom. The summed E-state index contributed by atoms with van der Waals surface area (Å²) in [4.78, 5) is 1.34. The largest absolute Gasteiger partial charge is 0.399 e. The summed E-state index contributed by atoms with van der Waals surface area (Å²) in [6.07, 6.45) is 0. The van der Waals surface area contributed by atoms with E-state index in [1.807, 2.05) is 12.1 Å². The van der Waals surface area contributed by atoms with E-state index in [1.54, 1.807) is 11.3 Å². The van der Waals surface area contributed by atoms with E-state index in [0.717, 1.165) is 5.69 Å². The van der Waals surface area contributed by atoms with E-state index >= 15 is 0 Å². The summed E-state index contributed by atoms with van der Waals surface area (Å²) in [5.41, 5.74) is 10.4. The Morgan fingerprint density at radius 2 is 1.93 bits per heavy atom. The molecule has 0 unspecified atom stereocenters. The number of anilines is 1. The Morgan fingerprint density at radius 1 is 1.14 bits per heavy atom. The van der Waals surface area contributed by atoms with Crippen molar-refractivity contribution in [2.75, 3.05) is 5.73 Å². The summed E-state index contributed by atoms with van der Waals surface area (Å²) in [7, 11) is 0. The van der Waals surface area contributed by atoms with Gasteiger partial charge in [0.1, 0.15) is 0 Å². The van der Waals surface area contributed by atoms with Crippen molar-refractivity contribution in [2.45, 2.75) is 13.8 Å². The second-order valence-electron chi connectivity index (χ2n) is 3.52. The van der Waals surface area contributed by atoms with E-state index < -0.39 is 0 Å². The molecule has 0 spiro atoms. The zero-order chi connectivity index (χ0) is 10.1. The molecule has 0 aliphatic rings. The predicted molar refractivity (Wildman–Crippen MR) is 63.6 cm³/mol. The molecule has 0 amide bonds. The van der Waals surface area contributed by atoms with Crippen molar-refractivity contribution in [2.24, 2.45) is 0 Å². The van der Waals surface area contributed by atoms with Crippen LogP contribution in [0.25, 0.3) is 11.1 Å². The van der Waals surface area contributed by atoms with Gasteiger partial charge in [0.25, 0.3) is 0 Å². The van der Waals surface area contributed by atoms with Crippen LogP contribution in [0.3, 0.4) is 0 Å². The lowest BCUT2D eigenvalue weighted by Crippen LogP contribution is -1.87. The Hall–Kier alpha value is -1.28. The molecule has 0 radical (unpaired) electrons. The van der Waals surface area contributed by atoms with Crippen molar-refractivity contribution in [1.82, 2.24) is 0 Å². The van der Waals surface area contributed by atoms with E-state index in [1.165, 1.54) is 21.6 Å². The number of benzene rings is 1. The molecular formula is C12H13NS. The lowest BCUT2D eigenvalue weighted by atomic mass is 10.0. The SMILES string of the molecule is Cc1cc(N)cc(-c2ccsc2C)c1. The van der Waals surface area contributed by atoms with Crippen molar-refractivity contribution in [3.05, 3.63) is 40.1 Å². The quantitative estimate of drug-likeness (QED) is 0.704. The molecule has 1 aromatic carbocycles.